The lowest BCUT2D eigenvalue weighted by Gasteiger charge is -2.11. The van der Waals surface area contributed by atoms with Crippen LogP contribution in [0.5, 0.6) is 5.75 Å². The molecular weight excluding hydrogens is 387 g/mol. The molecule has 2 heterocycles. The molecule has 4 aromatic rings. The molecule has 4 rings (SSSR count). The van der Waals surface area contributed by atoms with Crippen LogP contribution >= 0.6 is 0 Å². The normalized spacial score (nSPS) is 11.7. The molecule has 0 aliphatic carbocycles. The van der Waals surface area contributed by atoms with E-state index in [-0.39, 0.29) is 0 Å². The minimum absolute atomic E-state index is 0.420. The molecule has 0 saturated carbocycles. The molecule has 0 aliphatic heterocycles. The molecule has 0 amide bonds. The van der Waals surface area contributed by atoms with Crippen molar-refractivity contribution in [3.63, 3.8) is 0 Å². The molecule has 0 spiro atoms. The fraction of sp³-hybridized carbons (Fsp3) is 0.200. The van der Waals surface area contributed by atoms with Crippen molar-refractivity contribution in [2.24, 2.45) is 0 Å². The lowest BCUT2D eigenvalue weighted by molar-refractivity contribution is -0.137. The second-order valence-corrected chi connectivity index (χ2v) is 7.25. The van der Waals surface area contributed by atoms with Gasteiger partial charge in [0, 0.05) is 18.3 Å². The van der Waals surface area contributed by atoms with E-state index in [1.54, 1.807) is 6.07 Å². The van der Waals surface area contributed by atoms with E-state index in [1.165, 1.54) is 12.1 Å². The van der Waals surface area contributed by atoms with Crippen molar-refractivity contribution in [3.05, 3.63) is 107 Å². The number of pyridine rings is 1. The summed E-state index contributed by atoms with van der Waals surface area (Å²) in [6, 6.07) is 21.4. The quantitative estimate of drug-likeness (QED) is 0.346. The zero-order valence-corrected chi connectivity index (χ0v) is 16.6. The number of alkyl halides is 3. The second kappa shape index (κ2) is 8.27. The van der Waals surface area contributed by atoms with Crippen LogP contribution < -0.4 is 4.74 Å². The van der Waals surface area contributed by atoms with Crippen molar-refractivity contribution in [3.8, 4) is 5.75 Å². The molecule has 2 nitrogen and oxygen atoms in total. The molecule has 0 radical (unpaired) electrons. The van der Waals surface area contributed by atoms with Gasteiger partial charge in [-0.05, 0) is 47.4 Å². The van der Waals surface area contributed by atoms with Gasteiger partial charge < -0.3 is 9.14 Å². The van der Waals surface area contributed by atoms with Crippen LogP contribution in [0.4, 0.5) is 13.2 Å². The van der Waals surface area contributed by atoms with E-state index in [4.69, 9.17) is 4.74 Å². The molecule has 0 saturated heterocycles. The molecule has 0 bridgehead atoms. The minimum Gasteiger partial charge on any atom is -0.487 e. The van der Waals surface area contributed by atoms with Crippen molar-refractivity contribution in [2.45, 2.75) is 32.5 Å². The Morgan fingerprint density at radius 2 is 1.63 bits per heavy atom. The summed E-state index contributed by atoms with van der Waals surface area (Å²) in [7, 11) is 0. The van der Waals surface area contributed by atoms with Gasteiger partial charge in [0.05, 0.1) is 11.1 Å². The zero-order valence-electron chi connectivity index (χ0n) is 16.6. The predicted molar refractivity (Wildman–Crippen MR) is 112 cm³/mol. The number of hydrogen-bond donors (Lipinski definition) is 0. The summed E-state index contributed by atoms with van der Waals surface area (Å²) in [6.07, 6.45) is -1.20. The third kappa shape index (κ3) is 4.20. The van der Waals surface area contributed by atoms with Crippen LogP contribution in [0.25, 0.3) is 5.52 Å². The highest BCUT2D eigenvalue weighted by molar-refractivity contribution is 5.64. The highest BCUT2D eigenvalue weighted by Crippen LogP contribution is 2.31. The van der Waals surface area contributed by atoms with Gasteiger partial charge in [-0.3, -0.25) is 0 Å². The fourth-order valence-corrected chi connectivity index (χ4v) is 3.69. The van der Waals surface area contributed by atoms with E-state index in [1.807, 2.05) is 53.1 Å². The van der Waals surface area contributed by atoms with Gasteiger partial charge in [-0.1, -0.05) is 55.5 Å². The van der Waals surface area contributed by atoms with Crippen molar-refractivity contribution in [1.29, 1.82) is 0 Å². The number of aromatic nitrogens is 1. The van der Waals surface area contributed by atoms with Gasteiger partial charge in [-0.2, -0.15) is 13.2 Å². The third-order valence-electron chi connectivity index (χ3n) is 5.21. The number of benzene rings is 2. The smallest absolute Gasteiger partial charge is 0.416 e. The van der Waals surface area contributed by atoms with Gasteiger partial charge >= 0.3 is 6.18 Å². The maximum Gasteiger partial charge on any atom is 0.416 e. The van der Waals surface area contributed by atoms with Crippen molar-refractivity contribution in [1.82, 2.24) is 4.40 Å². The third-order valence-corrected chi connectivity index (χ3v) is 5.21. The highest BCUT2D eigenvalue weighted by Gasteiger charge is 2.30. The van der Waals surface area contributed by atoms with E-state index in [0.717, 1.165) is 40.6 Å². The molecule has 0 fully saturated rings. The number of nitrogens with zero attached hydrogens (tertiary/aromatic N) is 1. The average Bonchev–Trinajstić information content (AvgIpc) is 3.11. The van der Waals surface area contributed by atoms with Crippen LogP contribution in [0, 0.1) is 0 Å². The van der Waals surface area contributed by atoms with Crippen LogP contribution in [0.2, 0.25) is 0 Å². The first-order valence-corrected chi connectivity index (χ1v) is 9.90. The molecule has 2 aromatic heterocycles. The van der Waals surface area contributed by atoms with Crippen LogP contribution in [-0.2, 0) is 25.6 Å². The van der Waals surface area contributed by atoms with Crippen molar-refractivity contribution >= 4 is 5.52 Å². The standard InChI is InChI=1S/C25H22F3NO/c1-2-20-16-23-24(30-17-18-8-4-3-5-9-18)12-7-13-29(23)22(20)15-19-10-6-11-21(14-19)25(26,27)28/h3-14,16H,2,15,17H2,1H3. The Kier molecular flexibility index (Phi) is 5.53. The largest absolute Gasteiger partial charge is 0.487 e. The average molecular weight is 409 g/mol. The SMILES string of the molecule is CCc1cc2c(OCc3ccccc3)cccn2c1Cc1cccc(C(F)(F)F)c1. The summed E-state index contributed by atoms with van der Waals surface area (Å²) in [6.45, 7) is 2.50. The number of aryl methyl sites for hydroxylation is 1. The first kappa shape index (κ1) is 20.1. The molecule has 0 aliphatic rings. The van der Waals surface area contributed by atoms with Gasteiger partial charge in [-0.25, -0.2) is 0 Å². The summed E-state index contributed by atoms with van der Waals surface area (Å²) in [4.78, 5) is 0. The van der Waals surface area contributed by atoms with E-state index in [0.29, 0.717) is 18.6 Å². The number of hydrogen-bond acceptors (Lipinski definition) is 1. The van der Waals surface area contributed by atoms with E-state index < -0.39 is 11.7 Å². The summed E-state index contributed by atoms with van der Waals surface area (Å²) >= 11 is 0. The number of halogens is 3. The van der Waals surface area contributed by atoms with Crippen LogP contribution in [-0.4, -0.2) is 4.40 Å². The second-order valence-electron chi connectivity index (χ2n) is 7.25. The Balaban J connectivity index is 1.67. The molecule has 0 N–H and O–H groups in total. The summed E-state index contributed by atoms with van der Waals surface area (Å²) in [5.74, 6) is 0.756. The molecular formula is C25H22F3NO. The van der Waals surface area contributed by atoms with Gasteiger partial charge in [0.2, 0.25) is 0 Å². The molecule has 30 heavy (non-hydrogen) atoms. The van der Waals surface area contributed by atoms with Gasteiger partial charge in [0.15, 0.2) is 0 Å². The van der Waals surface area contributed by atoms with Crippen LogP contribution in [0.15, 0.2) is 79.0 Å². The topological polar surface area (TPSA) is 13.6 Å². The predicted octanol–water partition coefficient (Wildman–Crippen LogP) is 6.69. The Morgan fingerprint density at radius 3 is 2.37 bits per heavy atom. The van der Waals surface area contributed by atoms with Gasteiger partial charge in [0.1, 0.15) is 12.4 Å². The lowest BCUT2D eigenvalue weighted by Crippen LogP contribution is -2.06. The molecule has 0 unspecified atom stereocenters. The molecule has 5 heteroatoms. The summed E-state index contributed by atoms with van der Waals surface area (Å²) in [5.41, 5.74) is 4.10. The van der Waals surface area contributed by atoms with E-state index in [2.05, 4.69) is 13.0 Å². The lowest BCUT2D eigenvalue weighted by atomic mass is 10.0. The van der Waals surface area contributed by atoms with Crippen LogP contribution in [0.1, 0.15) is 34.9 Å². The first-order chi connectivity index (χ1) is 14.5. The number of rotatable bonds is 6. The van der Waals surface area contributed by atoms with Crippen molar-refractivity contribution in [2.75, 3.05) is 0 Å². The zero-order chi connectivity index (χ0) is 21.1. The summed E-state index contributed by atoms with van der Waals surface area (Å²) < 4.78 is 47.4. The maximum atomic E-state index is 13.1. The number of ether oxygens (including phenoxy) is 1. The molecule has 0 atom stereocenters. The highest BCUT2D eigenvalue weighted by atomic mass is 19.4. The Bertz CT molecular complexity index is 1150. The van der Waals surface area contributed by atoms with E-state index >= 15 is 0 Å². The monoisotopic (exact) mass is 409 g/mol. The van der Waals surface area contributed by atoms with Gasteiger partial charge in [-0.15, -0.1) is 0 Å². The fourth-order valence-electron chi connectivity index (χ4n) is 3.69. The Labute approximate surface area is 173 Å². The van der Waals surface area contributed by atoms with E-state index in [9.17, 15) is 13.2 Å². The Morgan fingerprint density at radius 1 is 0.867 bits per heavy atom. The maximum absolute atomic E-state index is 13.1. The van der Waals surface area contributed by atoms with Gasteiger partial charge in [0.25, 0.3) is 0 Å². The number of fused-ring (bicyclic) bond motifs is 1. The summed E-state index contributed by atoms with van der Waals surface area (Å²) in [5, 5.41) is 0. The van der Waals surface area contributed by atoms with Crippen molar-refractivity contribution < 1.29 is 17.9 Å². The van der Waals surface area contributed by atoms with Crippen LogP contribution in [0.3, 0.4) is 0 Å². The first-order valence-electron chi connectivity index (χ1n) is 9.90. The molecule has 154 valence electrons. The molecule has 2 aromatic carbocycles. The Hall–Kier alpha value is -3.21. The minimum atomic E-state index is -4.34.